The molecule has 0 aliphatic carbocycles. The Morgan fingerprint density at radius 2 is 2.20 bits per heavy atom. The Labute approximate surface area is 57.1 Å². The van der Waals surface area contributed by atoms with Crippen LogP contribution in [0.1, 0.15) is 6.42 Å². The van der Waals surface area contributed by atoms with E-state index in [1.807, 2.05) is 0 Å². The van der Waals surface area contributed by atoms with E-state index in [1.54, 1.807) is 0 Å². The maximum absolute atomic E-state index is 11.5. The molecule has 3 nitrogen and oxygen atoms in total. The van der Waals surface area contributed by atoms with E-state index < -0.39 is 24.9 Å². The maximum atomic E-state index is 11.5. The highest BCUT2D eigenvalue weighted by Crippen LogP contribution is 2.02. The van der Waals surface area contributed by atoms with E-state index in [4.69, 9.17) is 5.73 Å². The number of nitrogens with two attached hydrogens (primary N) is 1. The van der Waals surface area contributed by atoms with Gasteiger partial charge in [-0.05, 0) is 0 Å². The molecule has 0 aromatic rings. The minimum Gasteiger partial charge on any atom is -0.468 e. The highest BCUT2D eigenvalue weighted by Gasteiger charge is 2.18. The normalized spacial score (nSPS) is 13.3. The molecule has 0 fully saturated rings. The third-order valence-corrected chi connectivity index (χ3v) is 0.936. The van der Waals surface area contributed by atoms with Crippen LogP contribution in [0.2, 0.25) is 0 Å². The fourth-order valence-corrected chi connectivity index (χ4v) is 0.440. The van der Waals surface area contributed by atoms with Crippen LogP contribution in [-0.4, -0.2) is 25.5 Å². The van der Waals surface area contributed by atoms with Gasteiger partial charge in [0.25, 0.3) is 0 Å². The molecular weight excluding hydrogens is 144 g/mol. The van der Waals surface area contributed by atoms with Crippen LogP contribution in [0.4, 0.5) is 8.78 Å². The van der Waals surface area contributed by atoms with Crippen molar-refractivity contribution in [3.63, 3.8) is 0 Å². The van der Waals surface area contributed by atoms with E-state index in [1.165, 1.54) is 0 Å². The molecule has 0 bridgehead atoms. The van der Waals surface area contributed by atoms with Gasteiger partial charge >= 0.3 is 5.97 Å². The molecule has 0 saturated carbocycles. The van der Waals surface area contributed by atoms with E-state index in [0.29, 0.717) is 0 Å². The van der Waals surface area contributed by atoms with Crippen LogP contribution in [0.3, 0.4) is 0 Å². The Kier molecular flexibility index (Phi) is 3.87. The minimum atomic E-state index is -2.56. The average molecular weight is 153 g/mol. The summed E-state index contributed by atoms with van der Waals surface area (Å²) in [6.45, 7) is 0. The van der Waals surface area contributed by atoms with E-state index in [2.05, 4.69) is 4.74 Å². The zero-order valence-corrected chi connectivity index (χ0v) is 5.51. The summed E-state index contributed by atoms with van der Waals surface area (Å²) in [6, 6.07) is -1.20. The smallest absolute Gasteiger partial charge is 0.322 e. The molecule has 5 heteroatoms. The van der Waals surface area contributed by atoms with Crippen molar-refractivity contribution in [2.75, 3.05) is 7.11 Å². The number of hydrogen-bond acceptors (Lipinski definition) is 3. The molecular formula is C5H9F2NO2. The molecule has 1 unspecified atom stereocenters. The molecule has 0 rings (SSSR count). The zero-order chi connectivity index (χ0) is 8.15. The summed E-state index contributed by atoms with van der Waals surface area (Å²) in [6.07, 6.45) is -3.21. The van der Waals surface area contributed by atoms with E-state index in [-0.39, 0.29) is 0 Å². The molecule has 0 radical (unpaired) electrons. The summed E-state index contributed by atoms with van der Waals surface area (Å²) in [7, 11) is 1.10. The quantitative estimate of drug-likeness (QED) is 0.587. The molecule has 0 aromatic carbocycles. The van der Waals surface area contributed by atoms with Crippen LogP contribution < -0.4 is 5.73 Å². The van der Waals surface area contributed by atoms with Crippen LogP contribution in [-0.2, 0) is 9.53 Å². The lowest BCUT2D eigenvalue weighted by atomic mass is 10.2. The molecule has 1 atom stereocenters. The first kappa shape index (κ1) is 9.29. The van der Waals surface area contributed by atoms with Gasteiger partial charge in [0, 0.05) is 6.42 Å². The van der Waals surface area contributed by atoms with Crippen LogP contribution in [0.15, 0.2) is 0 Å². The first-order chi connectivity index (χ1) is 4.57. The fourth-order valence-electron chi connectivity index (χ4n) is 0.440. The van der Waals surface area contributed by atoms with Crippen LogP contribution in [0.25, 0.3) is 0 Å². The average Bonchev–Trinajstić information content (AvgIpc) is 1.85. The number of esters is 1. The number of alkyl halides is 2. The number of hydrogen-bond donors (Lipinski definition) is 1. The largest absolute Gasteiger partial charge is 0.468 e. The predicted octanol–water partition coefficient (Wildman–Crippen LogP) is 0.142. The molecule has 0 aliphatic rings. The van der Waals surface area contributed by atoms with E-state index in [9.17, 15) is 13.6 Å². The summed E-state index contributed by atoms with van der Waals surface area (Å²) in [5.74, 6) is -0.805. The zero-order valence-electron chi connectivity index (χ0n) is 5.51. The molecule has 0 aliphatic heterocycles. The predicted molar refractivity (Wildman–Crippen MR) is 30.6 cm³/mol. The number of rotatable bonds is 3. The van der Waals surface area contributed by atoms with Gasteiger partial charge in [-0.3, -0.25) is 4.79 Å². The van der Waals surface area contributed by atoms with Gasteiger partial charge in [0.15, 0.2) is 0 Å². The van der Waals surface area contributed by atoms with Crippen molar-refractivity contribution in [3.8, 4) is 0 Å². The van der Waals surface area contributed by atoms with Gasteiger partial charge in [-0.1, -0.05) is 0 Å². The molecule has 0 saturated heterocycles. The van der Waals surface area contributed by atoms with Crippen LogP contribution in [0, 0.1) is 0 Å². The first-order valence-corrected chi connectivity index (χ1v) is 2.69. The van der Waals surface area contributed by atoms with Gasteiger partial charge in [0.2, 0.25) is 6.43 Å². The van der Waals surface area contributed by atoms with Gasteiger partial charge < -0.3 is 10.5 Å². The second-order valence-electron chi connectivity index (χ2n) is 1.76. The van der Waals surface area contributed by atoms with Crippen LogP contribution in [0.5, 0.6) is 0 Å². The summed E-state index contributed by atoms with van der Waals surface area (Å²) in [4.78, 5) is 10.4. The Bertz CT molecular complexity index is 118. The topological polar surface area (TPSA) is 52.3 Å². The van der Waals surface area contributed by atoms with E-state index >= 15 is 0 Å². The Hall–Kier alpha value is -0.710. The third-order valence-electron chi connectivity index (χ3n) is 0.936. The third kappa shape index (κ3) is 3.34. The summed E-state index contributed by atoms with van der Waals surface area (Å²) in [5.41, 5.74) is 4.97. The summed E-state index contributed by atoms with van der Waals surface area (Å²) in [5, 5.41) is 0. The molecule has 0 spiro atoms. The Morgan fingerprint density at radius 1 is 1.70 bits per heavy atom. The van der Waals surface area contributed by atoms with Crippen molar-refractivity contribution in [1.29, 1.82) is 0 Å². The number of ether oxygens (including phenoxy) is 1. The molecule has 0 heterocycles. The Morgan fingerprint density at radius 3 is 2.50 bits per heavy atom. The highest BCUT2D eigenvalue weighted by molar-refractivity contribution is 5.75. The van der Waals surface area contributed by atoms with E-state index in [0.717, 1.165) is 7.11 Å². The lowest BCUT2D eigenvalue weighted by Gasteiger charge is -2.06. The van der Waals surface area contributed by atoms with Crippen molar-refractivity contribution >= 4 is 5.97 Å². The molecule has 2 N–H and O–H groups in total. The molecule has 10 heavy (non-hydrogen) atoms. The lowest BCUT2D eigenvalue weighted by molar-refractivity contribution is -0.143. The minimum absolute atomic E-state index is 0.646. The second kappa shape index (κ2) is 4.16. The standard InChI is InChI=1S/C5H9F2NO2/c1-10-5(9)3(8)2-4(6)7/h3-4H,2,8H2,1H3. The van der Waals surface area contributed by atoms with Crippen LogP contribution >= 0.6 is 0 Å². The number of carbonyl (C=O) groups is 1. The highest BCUT2D eigenvalue weighted by atomic mass is 19.3. The second-order valence-corrected chi connectivity index (χ2v) is 1.76. The number of carbonyl (C=O) groups excluding carboxylic acids is 1. The fraction of sp³-hybridized carbons (Fsp3) is 0.800. The van der Waals surface area contributed by atoms with Gasteiger partial charge in [-0.25, -0.2) is 8.78 Å². The van der Waals surface area contributed by atoms with Crippen molar-refractivity contribution in [2.24, 2.45) is 5.73 Å². The lowest BCUT2D eigenvalue weighted by Crippen LogP contribution is -2.33. The molecule has 60 valence electrons. The van der Waals surface area contributed by atoms with Crippen molar-refractivity contribution < 1.29 is 18.3 Å². The summed E-state index contributed by atoms with van der Waals surface area (Å²) < 4.78 is 27.1. The SMILES string of the molecule is COC(=O)C(N)CC(F)F. The molecule has 0 amide bonds. The number of methoxy groups -OCH3 is 1. The van der Waals surface area contributed by atoms with Crippen molar-refractivity contribution in [3.05, 3.63) is 0 Å². The van der Waals surface area contributed by atoms with Crippen molar-refractivity contribution in [1.82, 2.24) is 0 Å². The monoisotopic (exact) mass is 153 g/mol. The van der Waals surface area contributed by atoms with Gasteiger partial charge in [0.05, 0.1) is 7.11 Å². The molecule has 0 aromatic heterocycles. The van der Waals surface area contributed by atoms with Crippen molar-refractivity contribution in [2.45, 2.75) is 18.9 Å². The summed E-state index contributed by atoms with van der Waals surface area (Å²) >= 11 is 0. The Balaban J connectivity index is 3.61. The van der Waals surface area contributed by atoms with Gasteiger partial charge in [0.1, 0.15) is 6.04 Å². The van der Waals surface area contributed by atoms with Gasteiger partial charge in [-0.15, -0.1) is 0 Å². The number of halogens is 2. The van der Waals surface area contributed by atoms with Gasteiger partial charge in [-0.2, -0.15) is 0 Å². The first-order valence-electron chi connectivity index (χ1n) is 2.69. The maximum Gasteiger partial charge on any atom is 0.322 e.